The van der Waals surface area contributed by atoms with Gasteiger partial charge in [-0.2, -0.15) is 0 Å². The lowest BCUT2D eigenvalue weighted by Crippen LogP contribution is -2.60. The minimum absolute atomic E-state index is 0.000950. The van der Waals surface area contributed by atoms with E-state index in [1.54, 1.807) is 12.2 Å². The molecule has 1 unspecified atom stereocenters. The van der Waals surface area contributed by atoms with Gasteiger partial charge in [0, 0.05) is 30.9 Å². The smallest absolute Gasteiger partial charge is 0.313 e. The minimum Gasteiger partial charge on any atom is -0.455 e. The molecule has 2 N–H and O–H groups in total. The van der Waals surface area contributed by atoms with Crippen molar-refractivity contribution in [2.45, 2.75) is 112 Å². The molecule has 3 aliphatic heterocycles. The monoisotopic (exact) mass is 757 g/mol. The molecule has 2 bridgehead atoms. The molecular weight excluding hydrogens is 706 g/mol. The van der Waals surface area contributed by atoms with Gasteiger partial charge in [0.2, 0.25) is 17.7 Å². The highest BCUT2D eigenvalue weighted by Gasteiger charge is 2.77. The van der Waals surface area contributed by atoms with Crippen LogP contribution in [0.15, 0.2) is 55.6 Å². The van der Waals surface area contributed by atoms with E-state index < -0.39 is 59.6 Å². The Morgan fingerprint density at radius 2 is 1.90 bits per heavy atom. The first-order chi connectivity index (χ1) is 24.2. The van der Waals surface area contributed by atoms with Gasteiger partial charge in [0.25, 0.3) is 0 Å². The van der Waals surface area contributed by atoms with Gasteiger partial charge in [0.05, 0.1) is 43.2 Å². The molecule has 1 spiro atoms. The first kappa shape index (κ1) is 38.2. The molecule has 3 heterocycles. The molecule has 11 nitrogen and oxygen atoms in total. The largest absolute Gasteiger partial charge is 0.455 e. The number of aliphatic hydroxyl groups is 1. The number of benzene rings is 1. The Hall–Kier alpha value is -3.06. The highest BCUT2D eigenvalue weighted by atomic mass is 79.9. The lowest BCUT2D eigenvalue weighted by molar-refractivity contribution is -0.163. The van der Waals surface area contributed by atoms with E-state index in [-0.39, 0.29) is 42.3 Å². The molecule has 1 aromatic rings. The predicted octanol–water partition coefficient (Wildman–Crippen LogP) is 4.23. The van der Waals surface area contributed by atoms with Gasteiger partial charge in [-0.25, -0.2) is 0 Å². The van der Waals surface area contributed by atoms with Gasteiger partial charge < -0.3 is 34.4 Å². The zero-order valence-corrected chi connectivity index (χ0v) is 30.8. The second-order valence-corrected chi connectivity index (χ2v) is 15.1. The summed E-state index contributed by atoms with van der Waals surface area (Å²) in [6.45, 7) is 9.53. The number of alkyl halides is 1. The fourth-order valence-corrected chi connectivity index (χ4v) is 9.60. The number of rotatable bonds is 17. The van der Waals surface area contributed by atoms with Gasteiger partial charge in [0.15, 0.2) is 0 Å². The Morgan fingerprint density at radius 1 is 1.18 bits per heavy atom. The molecule has 4 fully saturated rings. The molecule has 5 rings (SSSR count). The predicted molar refractivity (Wildman–Crippen MR) is 191 cm³/mol. The number of carbonyl (C=O) groups excluding carboxylic acids is 4. The topological polar surface area (TPSA) is 135 Å². The average molecular weight is 759 g/mol. The summed E-state index contributed by atoms with van der Waals surface area (Å²) < 4.78 is 18.6. The molecule has 3 saturated heterocycles. The van der Waals surface area contributed by atoms with Gasteiger partial charge in [-0.05, 0) is 37.7 Å². The van der Waals surface area contributed by atoms with E-state index >= 15 is 0 Å². The molecule has 3 amide bonds. The van der Waals surface area contributed by atoms with Gasteiger partial charge >= 0.3 is 5.97 Å². The third kappa shape index (κ3) is 7.31. The van der Waals surface area contributed by atoms with E-state index in [0.717, 1.165) is 32.1 Å². The van der Waals surface area contributed by atoms with Crippen LogP contribution in [0.25, 0.3) is 0 Å². The molecule has 1 aliphatic carbocycles. The standard InChI is InChI=1S/C38H52BrN3O8/c1-5-8-19-29(44)40-28(23-48-4)32(24-15-11-9-12-16-24)49-37(47)30-31-35(45)42(25(7-3)22-43)34(38(31)21-27(39)33(30)50-38)36(46)41(20-6-2)26-17-13-10-14-18-26/h5-6,9,11-12,15-16,25-28,30-34,43H,1-2,7-8,10,13-14,17-23H2,3-4H3,(H,40,44)/t25-,27?,28+,30+,31-,32+,33+,34+,38-/m0/s1. The van der Waals surface area contributed by atoms with E-state index in [2.05, 4.69) is 34.4 Å². The number of methoxy groups -OCH3 is 1. The molecule has 9 atom stereocenters. The van der Waals surface area contributed by atoms with E-state index in [0.29, 0.717) is 31.4 Å². The number of likely N-dealkylation sites (tertiary alicyclic amines) is 1. The SMILES string of the molecule is C=CCCC(=O)N[C@H](COC)[C@H](OC(=O)[C@H]1[C@@H]2O[C@@]3(CC2Br)[C@@H]1C(=O)N([C@@H](CC)CO)[C@@H]3C(=O)N(CC=C)C1CCCCC1)c1ccccc1. The molecule has 12 heteroatoms. The number of amides is 3. The van der Waals surface area contributed by atoms with Crippen molar-refractivity contribution in [1.82, 2.24) is 15.1 Å². The van der Waals surface area contributed by atoms with Gasteiger partial charge in [-0.3, -0.25) is 19.2 Å². The molecule has 4 aliphatic rings. The van der Waals surface area contributed by atoms with Crippen LogP contribution in [-0.4, -0.2) is 106 Å². The van der Waals surface area contributed by atoms with Crippen LogP contribution >= 0.6 is 15.9 Å². The summed E-state index contributed by atoms with van der Waals surface area (Å²) in [5.74, 6) is -3.57. The normalized spacial score (nSPS) is 29.2. The third-order valence-corrected chi connectivity index (χ3v) is 11.8. The van der Waals surface area contributed by atoms with Crippen molar-refractivity contribution in [3.05, 3.63) is 61.2 Å². The van der Waals surface area contributed by atoms with Crippen LogP contribution in [0.5, 0.6) is 0 Å². The molecule has 0 radical (unpaired) electrons. The highest BCUT2D eigenvalue weighted by molar-refractivity contribution is 9.09. The molecule has 1 saturated carbocycles. The van der Waals surface area contributed by atoms with Crippen molar-refractivity contribution in [2.24, 2.45) is 11.8 Å². The zero-order chi connectivity index (χ0) is 36.0. The average Bonchev–Trinajstić information content (AvgIpc) is 3.72. The van der Waals surface area contributed by atoms with Crippen molar-refractivity contribution in [1.29, 1.82) is 0 Å². The Kier molecular flexibility index (Phi) is 13.0. The van der Waals surface area contributed by atoms with Crippen LogP contribution < -0.4 is 5.32 Å². The summed E-state index contributed by atoms with van der Waals surface area (Å²) in [5, 5.41) is 13.5. The number of carbonyl (C=O) groups is 4. The number of aliphatic hydroxyl groups excluding tert-OH is 1. The lowest BCUT2D eigenvalue weighted by atomic mass is 9.70. The van der Waals surface area contributed by atoms with E-state index in [9.17, 15) is 24.3 Å². The number of nitrogens with one attached hydrogen (secondary N) is 1. The number of halogens is 1. The number of allylic oxidation sites excluding steroid dienone is 1. The maximum Gasteiger partial charge on any atom is 0.313 e. The maximum atomic E-state index is 14.9. The Morgan fingerprint density at radius 3 is 2.52 bits per heavy atom. The maximum absolute atomic E-state index is 14.9. The van der Waals surface area contributed by atoms with Crippen molar-refractivity contribution >= 4 is 39.6 Å². The number of fused-ring (bicyclic) bond motifs is 1. The quantitative estimate of drug-likeness (QED) is 0.137. The number of esters is 1. The van der Waals surface area contributed by atoms with Crippen LogP contribution in [0.4, 0.5) is 0 Å². The summed E-state index contributed by atoms with van der Waals surface area (Å²) in [7, 11) is 1.51. The molecular formula is C38H52BrN3O8. The number of hydrogen-bond acceptors (Lipinski definition) is 8. The zero-order valence-electron chi connectivity index (χ0n) is 29.2. The van der Waals surface area contributed by atoms with Gasteiger partial charge in [-0.1, -0.05) is 84.6 Å². The molecule has 1 aromatic carbocycles. The second-order valence-electron chi connectivity index (χ2n) is 13.9. The molecule has 0 aromatic heterocycles. The van der Waals surface area contributed by atoms with E-state index in [1.165, 1.54) is 12.0 Å². The van der Waals surface area contributed by atoms with Crippen molar-refractivity contribution in [3.8, 4) is 0 Å². The number of ether oxygens (including phenoxy) is 3. The first-order valence-electron chi connectivity index (χ1n) is 18.0. The fourth-order valence-electron chi connectivity index (χ4n) is 8.66. The fraction of sp³-hybridized carbons (Fsp3) is 0.632. The Bertz CT molecular complexity index is 1390. The van der Waals surface area contributed by atoms with E-state index in [1.807, 2.05) is 42.2 Å². The number of hydrogen-bond donors (Lipinski definition) is 2. The van der Waals surface area contributed by atoms with Crippen LogP contribution in [0.2, 0.25) is 0 Å². The van der Waals surface area contributed by atoms with Gasteiger partial charge in [-0.15, -0.1) is 13.2 Å². The molecule has 274 valence electrons. The Labute approximate surface area is 303 Å². The third-order valence-electron chi connectivity index (χ3n) is 10.9. The summed E-state index contributed by atoms with van der Waals surface area (Å²) in [5.41, 5.74) is -0.659. The van der Waals surface area contributed by atoms with Crippen LogP contribution in [-0.2, 0) is 33.4 Å². The first-order valence-corrected chi connectivity index (χ1v) is 18.9. The second kappa shape index (κ2) is 17.0. The van der Waals surface area contributed by atoms with Crippen molar-refractivity contribution in [3.63, 3.8) is 0 Å². The van der Waals surface area contributed by atoms with Crippen LogP contribution in [0.3, 0.4) is 0 Å². The van der Waals surface area contributed by atoms with Crippen molar-refractivity contribution < 1.29 is 38.5 Å². The highest BCUT2D eigenvalue weighted by Crippen LogP contribution is 2.61. The van der Waals surface area contributed by atoms with Gasteiger partial charge in [0.1, 0.15) is 17.7 Å². The number of nitrogens with zero attached hydrogens (tertiary/aromatic N) is 2. The Balaban J connectivity index is 1.52. The summed E-state index contributed by atoms with van der Waals surface area (Å²) >= 11 is 3.75. The molecule has 50 heavy (non-hydrogen) atoms. The van der Waals surface area contributed by atoms with Crippen LogP contribution in [0, 0.1) is 11.8 Å². The summed E-state index contributed by atoms with van der Waals surface area (Å²) in [4.78, 5) is 60.0. The summed E-state index contributed by atoms with van der Waals surface area (Å²) in [6.07, 6.45) is 8.00. The van der Waals surface area contributed by atoms with Crippen LogP contribution in [0.1, 0.15) is 76.4 Å². The lowest BCUT2D eigenvalue weighted by Gasteiger charge is -2.42. The minimum atomic E-state index is -1.31. The van der Waals surface area contributed by atoms with Crippen molar-refractivity contribution in [2.75, 3.05) is 26.9 Å². The summed E-state index contributed by atoms with van der Waals surface area (Å²) in [6, 6.07) is 6.70. The van der Waals surface area contributed by atoms with E-state index in [4.69, 9.17) is 14.2 Å².